The number of rotatable bonds is 5. The Morgan fingerprint density at radius 1 is 1.28 bits per heavy atom. The van der Waals surface area contributed by atoms with Crippen LogP contribution >= 0.6 is 0 Å². The molecule has 25 heavy (non-hydrogen) atoms. The molecule has 7 nitrogen and oxygen atoms in total. The lowest BCUT2D eigenvalue weighted by atomic mass is 10.2. The quantitative estimate of drug-likeness (QED) is 0.815. The van der Waals surface area contributed by atoms with Crippen molar-refractivity contribution in [1.82, 2.24) is 14.7 Å². The van der Waals surface area contributed by atoms with Crippen LogP contribution in [0.1, 0.15) is 17.4 Å². The van der Waals surface area contributed by atoms with Crippen LogP contribution < -0.4 is 10.3 Å². The third-order valence-corrected chi connectivity index (χ3v) is 4.03. The molecule has 1 amide bonds. The van der Waals surface area contributed by atoms with Crippen LogP contribution in [0, 0.1) is 0 Å². The first-order valence-electron chi connectivity index (χ1n) is 8.30. The molecule has 1 aliphatic rings. The summed E-state index contributed by atoms with van der Waals surface area (Å²) in [7, 11) is 0. The molecule has 1 atom stereocenters. The molecule has 0 bridgehead atoms. The average Bonchev–Trinajstić information content (AvgIpc) is 2.64. The Kier molecular flexibility index (Phi) is 5.45. The van der Waals surface area contributed by atoms with Crippen LogP contribution in [0.3, 0.4) is 0 Å². The maximum Gasteiger partial charge on any atom is 0.274 e. The van der Waals surface area contributed by atoms with Gasteiger partial charge in [-0.1, -0.05) is 18.2 Å². The molecule has 2 aromatic rings. The summed E-state index contributed by atoms with van der Waals surface area (Å²) in [6, 6.07) is 12.2. The van der Waals surface area contributed by atoms with Crippen molar-refractivity contribution in [2.24, 2.45) is 0 Å². The highest BCUT2D eigenvalue weighted by atomic mass is 16.5. The summed E-state index contributed by atoms with van der Waals surface area (Å²) in [6.07, 6.45) is 0. The molecule has 0 saturated carbocycles. The van der Waals surface area contributed by atoms with Crippen molar-refractivity contribution in [2.75, 3.05) is 26.4 Å². The highest BCUT2D eigenvalue weighted by Crippen LogP contribution is 2.10. The van der Waals surface area contributed by atoms with Crippen molar-refractivity contribution >= 4 is 5.91 Å². The van der Waals surface area contributed by atoms with E-state index in [-0.39, 0.29) is 29.7 Å². The molecule has 0 N–H and O–H groups in total. The molecule has 1 aromatic carbocycles. The fourth-order valence-corrected chi connectivity index (χ4v) is 2.67. The average molecular weight is 343 g/mol. The number of para-hydroxylation sites is 1. The highest BCUT2D eigenvalue weighted by molar-refractivity contribution is 5.92. The van der Waals surface area contributed by atoms with Gasteiger partial charge in [0.05, 0.1) is 25.8 Å². The molecule has 0 spiro atoms. The molecule has 1 aliphatic heterocycles. The molecule has 1 saturated heterocycles. The van der Waals surface area contributed by atoms with Gasteiger partial charge in [-0.15, -0.1) is 0 Å². The minimum atomic E-state index is -0.261. The third-order valence-electron chi connectivity index (χ3n) is 4.03. The van der Waals surface area contributed by atoms with E-state index >= 15 is 0 Å². The second-order valence-corrected chi connectivity index (χ2v) is 5.86. The van der Waals surface area contributed by atoms with Crippen molar-refractivity contribution < 1.29 is 14.3 Å². The van der Waals surface area contributed by atoms with Crippen LogP contribution in [0.4, 0.5) is 0 Å². The molecule has 1 aromatic heterocycles. The van der Waals surface area contributed by atoms with E-state index in [0.29, 0.717) is 26.4 Å². The summed E-state index contributed by atoms with van der Waals surface area (Å²) < 4.78 is 12.2. The zero-order valence-electron chi connectivity index (χ0n) is 14.1. The van der Waals surface area contributed by atoms with E-state index in [1.807, 2.05) is 37.3 Å². The number of ether oxygens (including phenoxy) is 2. The Bertz CT molecular complexity index is 775. The SMILES string of the molecule is C[C@@H]1COCCN1C(=O)c1ccc(=O)n(CCOc2ccccc2)n1. The Labute approximate surface area is 145 Å². The second-order valence-electron chi connectivity index (χ2n) is 5.86. The number of benzene rings is 1. The number of nitrogens with zero attached hydrogens (tertiary/aromatic N) is 3. The number of carbonyl (C=O) groups excluding carboxylic acids is 1. The smallest absolute Gasteiger partial charge is 0.274 e. The summed E-state index contributed by atoms with van der Waals surface area (Å²) in [5.41, 5.74) is -0.00343. The topological polar surface area (TPSA) is 73.7 Å². The predicted molar refractivity (Wildman–Crippen MR) is 91.8 cm³/mol. The Morgan fingerprint density at radius 2 is 2.08 bits per heavy atom. The maximum atomic E-state index is 12.6. The standard InChI is InChI=1S/C18H21N3O4/c1-14-13-24-11-9-20(14)18(23)16-7-8-17(22)21(19-16)10-12-25-15-5-3-2-4-6-15/h2-8,14H,9-13H2,1H3/t14-/m1/s1. The first-order chi connectivity index (χ1) is 12.1. The fraction of sp³-hybridized carbons (Fsp3) is 0.389. The van der Waals surface area contributed by atoms with E-state index in [2.05, 4.69) is 5.10 Å². The van der Waals surface area contributed by atoms with Crippen LogP contribution in [-0.4, -0.2) is 53.0 Å². The summed E-state index contributed by atoms with van der Waals surface area (Å²) in [5, 5.41) is 4.21. The Morgan fingerprint density at radius 3 is 2.84 bits per heavy atom. The van der Waals surface area contributed by atoms with Gasteiger partial charge in [0.2, 0.25) is 0 Å². The molecule has 0 unspecified atom stereocenters. The van der Waals surface area contributed by atoms with Gasteiger partial charge in [0.25, 0.3) is 11.5 Å². The van der Waals surface area contributed by atoms with Crippen molar-refractivity contribution in [3.8, 4) is 5.75 Å². The Hall–Kier alpha value is -2.67. The van der Waals surface area contributed by atoms with Crippen molar-refractivity contribution in [2.45, 2.75) is 19.5 Å². The van der Waals surface area contributed by atoms with E-state index in [9.17, 15) is 9.59 Å². The van der Waals surface area contributed by atoms with Gasteiger partial charge in [0, 0.05) is 12.6 Å². The van der Waals surface area contributed by atoms with Crippen LogP contribution in [0.15, 0.2) is 47.3 Å². The van der Waals surface area contributed by atoms with Gasteiger partial charge < -0.3 is 14.4 Å². The Balaban J connectivity index is 1.67. The van der Waals surface area contributed by atoms with Gasteiger partial charge in [0.1, 0.15) is 18.1 Å². The van der Waals surface area contributed by atoms with Crippen LogP contribution in [0.25, 0.3) is 0 Å². The molecular formula is C18H21N3O4. The maximum absolute atomic E-state index is 12.6. The second kappa shape index (κ2) is 7.94. The normalized spacial score (nSPS) is 17.3. The first kappa shape index (κ1) is 17.2. The van der Waals surface area contributed by atoms with E-state index in [1.165, 1.54) is 16.8 Å². The minimum absolute atomic E-state index is 0.00941. The molecule has 3 rings (SSSR count). The molecule has 2 heterocycles. The lowest BCUT2D eigenvalue weighted by Gasteiger charge is -2.33. The lowest BCUT2D eigenvalue weighted by molar-refractivity contribution is 0.00312. The summed E-state index contributed by atoms with van der Waals surface area (Å²) in [6.45, 7) is 4.05. The molecule has 7 heteroatoms. The number of morpholine rings is 1. The van der Waals surface area contributed by atoms with E-state index in [4.69, 9.17) is 9.47 Å². The number of hydrogen-bond acceptors (Lipinski definition) is 5. The van der Waals surface area contributed by atoms with Crippen LogP contribution in [0.5, 0.6) is 5.75 Å². The van der Waals surface area contributed by atoms with Crippen LogP contribution in [0.2, 0.25) is 0 Å². The predicted octanol–water partition coefficient (Wildman–Crippen LogP) is 1.18. The van der Waals surface area contributed by atoms with E-state index < -0.39 is 0 Å². The summed E-state index contributed by atoms with van der Waals surface area (Å²) in [5.74, 6) is 0.540. The zero-order valence-corrected chi connectivity index (χ0v) is 14.1. The summed E-state index contributed by atoms with van der Waals surface area (Å²) in [4.78, 5) is 26.3. The van der Waals surface area contributed by atoms with Gasteiger partial charge >= 0.3 is 0 Å². The first-order valence-corrected chi connectivity index (χ1v) is 8.30. The monoisotopic (exact) mass is 343 g/mol. The third kappa shape index (κ3) is 4.24. The fourth-order valence-electron chi connectivity index (χ4n) is 2.67. The van der Waals surface area contributed by atoms with E-state index in [0.717, 1.165) is 5.75 Å². The van der Waals surface area contributed by atoms with Gasteiger partial charge in [0.15, 0.2) is 0 Å². The summed E-state index contributed by atoms with van der Waals surface area (Å²) >= 11 is 0. The molecule has 132 valence electrons. The van der Waals surface area contributed by atoms with Gasteiger partial charge in [-0.05, 0) is 25.1 Å². The van der Waals surface area contributed by atoms with Crippen molar-refractivity contribution in [3.63, 3.8) is 0 Å². The van der Waals surface area contributed by atoms with E-state index in [1.54, 1.807) is 4.90 Å². The van der Waals surface area contributed by atoms with Crippen molar-refractivity contribution in [3.05, 3.63) is 58.5 Å². The van der Waals surface area contributed by atoms with Crippen LogP contribution in [-0.2, 0) is 11.3 Å². The van der Waals surface area contributed by atoms with Gasteiger partial charge in [-0.3, -0.25) is 9.59 Å². The number of carbonyl (C=O) groups is 1. The minimum Gasteiger partial charge on any atom is -0.492 e. The highest BCUT2D eigenvalue weighted by Gasteiger charge is 2.26. The number of aromatic nitrogens is 2. The molecule has 1 fully saturated rings. The lowest BCUT2D eigenvalue weighted by Crippen LogP contribution is -2.47. The van der Waals surface area contributed by atoms with Crippen molar-refractivity contribution in [1.29, 1.82) is 0 Å². The molecular weight excluding hydrogens is 322 g/mol. The zero-order chi connectivity index (χ0) is 17.6. The van der Waals surface area contributed by atoms with Gasteiger partial charge in [-0.25, -0.2) is 4.68 Å². The largest absolute Gasteiger partial charge is 0.492 e. The molecule has 0 radical (unpaired) electrons. The number of amides is 1. The molecule has 0 aliphatic carbocycles. The number of hydrogen-bond donors (Lipinski definition) is 0. The van der Waals surface area contributed by atoms with Gasteiger partial charge in [-0.2, -0.15) is 5.10 Å².